The molecule has 1 aliphatic rings. The van der Waals surface area contributed by atoms with Gasteiger partial charge in [0.15, 0.2) is 0 Å². The first-order valence-corrected chi connectivity index (χ1v) is 19.1. The average molecular weight is 781 g/mol. The second kappa shape index (κ2) is 17.7. The van der Waals surface area contributed by atoms with Crippen LogP contribution in [0.5, 0.6) is 0 Å². The zero-order valence-electron chi connectivity index (χ0n) is 31.4. The number of thiocarbonyl (C=S) groups is 1. The minimum absolute atomic E-state index is 0.0522. The van der Waals surface area contributed by atoms with Gasteiger partial charge in [-0.3, -0.25) is 19.4 Å². The van der Waals surface area contributed by atoms with Gasteiger partial charge in [-0.2, -0.15) is 13.2 Å². The van der Waals surface area contributed by atoms with Gasteiger partial charge in [0, 0.05) is 36.4 Å². The van der Waals surface area contributed by atoms with E-state index in [1.807, 2.05) is 32.9 Å². The van der Waals surface area contributed by atoms with E-state index in [1.165, 1.54) is 24.3 Å². The summed E-state index contributed by atoms with van der Waals surface area (Å²) in [6.07, 6.45) is 0.398. The summed E-state index contributed by atoms with van der Waals surface area (Å²) in [7, 11) is 0. The molecule has 0 saturated heterocycles. The molecule has 2 aromatic carbocycles. The normalized spacial score (nSPS) is 17.7. The molecule has 2 unspecified atom stereocenters. The first-order chi connectivity index (χ1) is 26.2. The standard InChI is InChI=1S/C41H48F4N6O3S/c1-5-24(3)34(49-33(52)21-27-12-7-8-15-31(27)42)37(53)51-40(18-16-32-29(22-40)28-13-9-14-30(36(28)48-32)41(43,44)45)39(54)50-35(25(4)6-2)38(55)47-20-17-26-11-10-19-46-23-26/h7-15,19,23-25,34-35,48H,5-6,16-18,20-22H2,1-4H3,(H,47,55)(H,49,52)(H,50,54)(H,51,53)/t24?,25-,34-,35?,40+/m0/s1. The van der Waals surface area contributed by atoms with E-state index in [9.17, 15) is 31.9 Å². The van der Waals surface area contributed by atoms with Crippen molar-refractivity contribution in [1.82, 2.24) is 31.2 Å². The molecule has 0 bridgehead atoms. The van der Waals surface area contributed by atoms with Crippen molar-refractivity contribution in [2.24, 2.45) is 11.8 Å². The molecule has 294 valence electrons. The number of carbonyl (C=O) groups excluding carboxylic acids is 3. The Bertz CT molecular complexity index is 2000. The Hall–Kier alpha value is -4.85. The monoisotopic (exact) mass is 780 g/mol. The Morgan fingerprint density at radius 2 is 1.69 bits per heavy atom. The number of rotatable bonds is 15. The molecule has 9 nitrogen and oxygen atoms in total. The molecule has 1 aliphatic carbocycles. The third-order valence-electron chi connectivity index (χ3n) is 10.8. The number of hydrogen-bond donors (Lipinski definition) is 5. The molecule has 3 amide bonds. The van der Waals surface area contributed by atoms with E-state index in [1.54, 1.807) is 31.5 Å². The van der Waals surface area contributed by atoms with Crippen molar-refractivity contribution in [2.75, 3.05) is 6.54 Å². The molecule has 0 fully saturated rings. The number of nitrogens with one attached hydrogen (secondary N) is 5. The lowest BCUT2D eigenvalue weighted by Crippen LogP contribution is -2.67. The molecule has 2 aromatic heterocycles. The Morgan fingerprint density at radius 3 is 2.36 bits per heavy atom. The number of amides is 3. The second-order valence-electron chi connectivity index (χ2n) is 14.5. The summed E-state index contributed by atoms with van der Waals surface area (Å²) in [4.78, 5) is 49.9. The van der Waals surface area contributed by atoms with Crippen molar-refractivity contribution in [3.8, 4) is 0 Å². The number of aromatic amines is 1. The van der Waals surface area contributed by atoms with Gasteiger partial charge in [-0.15, -0.1) is 0 Å². The Balaban J connectivity index is 1.47. The Labute approximate surface area is 323 Å². The van der Waals surface area contributed by atoms with Crippen LogP contribution in [0.25, 0.3) is 10.9 Å². The molecular formula is C41H48F4N6O3S. The molecule has 4 aromatic rings. The predicted octanol–water partition coefficient (Wildman–Crippen LogP) is 6.53. The van der Waals surface area contributed by atoms with E-state index in [0.29, 0.717) is 47.4 Å². The molecule has 0 spiro atoms. The van der Waals surface area contributed by atoms with Gasteiger partial charge in [0.1, 0.15) is 17.4 Å². The molecule has 5 rings (SSSR count). The lowest BCUT2D eigenvalue weighted by Gasteiger charge is -2.40. The molecule has 5 N–H and O–H groups in total. The summed E-state index contributed by atoms with van der Waals surface area (Å²) in [5.74, 6) is -2.83. The number of para-hydroxylation sites is 1. The number of aryl methyl sites for hydroxylation is 1. The fourth-order valence-electron chi connectivity index (χ4n) is 7.09. The molecule has 2 heterocycles. The maximum atomic E-state index is 14.8. The highest BCUT2D eigenvalue weighted by molar-refractivity contribution is 7.80. The van der Waals surface area contributed by atoms with Crippen molar-refractivity contribution in [3.05, 3.63) is 101 Å². The van der Waals surface area contributed by atoms with Crippen molar-refractivity contribution in [3.63, 3.8) is 0 Å². The van der Waals surface area contributed by atoms with E-state index in [2.05, 4.69) is 31.2 Å². The summed E-state index contributed by atoms with van der Waals surface area (Å²) in [6.45, 7) is 8.04. The minimum Gasteiger partial charge on any atom is -0.378 e. The van der Waals surface area contributed by atoms with Gasteiger partial charge in [0.2, 0.25) is 17.7 Å². The number of fused-ring (bicyclic) bond motifs is 3. The number of pyridine rings is 1. The van der Waals surface area contributed by atoms with E-state index in [-0.39, 0.29) is 42.7 Å². The number of hydrogen-bond acceptors (Lipinski definition) is 5. The summed E-state index contributed by atoms with van der Waals surface area (Å²) < 4.78 is 56.7. The average Bonchev–Trinajstić information content (AvgIpc) is 3.53. The zero-order valence-corrected chi connectivity index (χ0v) is 32.2. The van der Waals surface area contributed by atoms with Crippen LogP contribution in [-0.4, -0.2) is 56.8 Å². The summed E-state index contributed by atoms with van der Waals surface area (Å²) in [5.41, 5.74) is -0.337. The van der Waals surface area contributed by atoms with Crippen molar-refractivity contribution < 1.29 is 31.9 Å². The van der Waals surface area contributed by atoms with Crippen LogP contribution in [0.15, 0.2) is 67.0 Å². The van der Waals surface area contributed by atoms with Gasteiger partial charge < -0.3 is 26.3 Å². The molecule has 0 saturated carbocycles. The Kier molecular flexibility index (Phi) is 13.3. The minimum atomic E-state index is -4.62. The van der Waals surface area contributed by atoms with E-state index < -0.39 is 58.8 Å². The lowest BCUT2D eigenvalue weighted by molar-refractivity contribution is -0.137. The van der Waals surface area contributed by atoms with Crippen LogP contribution in [0.1, 0.15) is 74.9 Å². The molecule has 5 atom stereocenters. The lowest BCUT2D eigenvalue weighted by atomic mass is 9.78. The molecule has 55 heavy (non-hydrogen) atoms. The Morgan fingerprint density at radius 1 is 0.964 bits per heavy atom. The number of halogens is 4. The van der Waals surface area contributed by atoms with Gasteiger partial charge in [0.05, 0.1) is 28.5 Å². The highest BCUT2D eigenvalue weighted by atomic mass is 32.1. The number of aromatic nitrogens is 2. The van der Waals surface area contributed by atoms with Gasteiger partial charge >= 0.3 is 6.18 Å². The SMILES string of the molecule is CCC(C)[C@H](NC(=O)Cc1ccccc1F)C(=O)N[C@]1(C(=O)NC(C(=S)NCCc2cccnc2)[C@@H](C)CC)CCc2[nH]c3c(C(F)(F)F)cccc3c2C1. The van der Waals surface area contributed by atoms with E-state index in [4.69, 9.17) is 12.2 Å². The quantitative estimate of drug-likeness (QED) is 0.0690. The van der Waals surface area contributed by atoms with Crippen LogP contribution in [-0.2, 0) is 46.2 Å². The number of carbonyl (C=O) groups is 3. The van der Waals surface area contributed by atoms with Gasteiger partial charge in [-0.25, -0.2) is 4.39 Å². The van der Waals surface area contributed by atoms with E-state index >= 15 is 0 Å². The molecule has 14 heteroatoms. The van der Waals surface area contributed by atoms with Crippen LogP contribution < -0.4 is 21.3 Å². The van der Waals surface area contributed by atoms with Crippen LogP contribution in [0.4, 0.5) is 17.6 Å². The van der Waals surface area contributed by atoms with Crippen molar-refractivity contribution >= 4 is 45.8 Å². The number of alkyl halides is 3. The highest BCUT2D eigenvalue weighted by Gasteiger charge is 2.47. The highest BCUT2D eigenvalue weighted by Crippen LogP contribution is 2.40. The van der Waals surface area contributed by atoms with Crippen LogP contribution in [0, 0.1) is 17.7 Å². The fraction of sp³-hybridized carbons (Fsp3) is 0.439. The zero-order chi connectivity index (χ0) is 39.9. The van der Waals surface area contributed by atoms with Gasteiger partial charge in [0.25, 0.3) is 0 Å². The number of H-pyrrole nitrogens is 1. The molecule has 0 aliphatic heterocycles. The largest absolute Gasteiger partial charge is 0.418 e. The second-order valence-corrected chi connectivity index (χ2v) is 14.9. The third-order valence-corrected chi connectivity index (χ3v) is 11.1. The topological polar surface area (TPSA) is 128 Å². The molecule has 0 radical (unpaired) electrons. The van der Waals surface area contributed by atoms with Gasteiger partial charge in [-0.05, 0) is 66.0 Å². The number of nitrogens with zero attached hydrogens (tertiary/aromatic N) is 1. The molecular weight excluding hydrogens is 733 g/mol. The number of benzene rings is 2. The van der Waals surface area contributed by atoms with Crippen molar-refractivity contribution in [1.29, 1.82) is 0 Å². The summed E-state index contributed by atoms with van der Waals surface area (Å²) in [6, 6.07) is 11.8. The third kappa shape index (κ3) is 9.70. The first kappa shape index (κ1) is 41.3. The summed E-state index contributed by atoms with van der Waals surface area (Å²) >= 11 is 5.83. The first-order valence-electron chi connectivity index (χ1n) is 18.7. The fourth-order valence-corrected chi connectivity index (χ4v) is 7.48. The van der Waals surface area contributed by atoms with Crippen LogP contribution >= 0.6 is 12.2 Å². The maximum absolute atomic E-state index is 14.8. The van der Waals surface area contributed by atoms with Gasteiger partial charge in [-0.1, -0.05) is 89.2 Å². The maximum Gasteiger partial charge on any atom is 0.418 e. The van der Waals surface area contributed by atoms with Crippen molar-refractivity contribution in [2.45, 2.75) is 96.4 Å². The predicted molar refractivity (Wildman–Crippen MR) is 208 cm³/mol. The van der Waals surface area contributed by atoms with Crippen LogP contribution in [0.2, 0.25) is 0 Å². The van der Waals surface area contributed by atoms with E-state index in [0.717, 1.165) is 11.6 Å². The van der Waals surface area contributed by atoms with Crippen LogP contribution in [0.3, 0.4) is 0 Å². The summed E-state index contributed by atoms with van der Waals surface area (Å²) in [5, 5.41) is 12.4. The smallest absolute Gasteiger partial charge is 0.378 e.